The monoisotopic (exact) mass is 265 g/mol. The average Bonchev–Trinajstić information content (AvgIpc) is 2.20. The van der Waals surface area contributed by atoms with Crippen molar-refractivity contribution >= 4 is 17.5 Å². The first-order valence-electron chi connectivity index (χ1n) is 5.29. The van der Waals surface area contributed by atoms with E-state index in [0.717, 1.165) is 11.1 Å². The van der Waals surface area contributed by atoms with Crippen molar-refractivity contribution in [2.24, 2.45) is 16.5 Å². The fourth-order valence-electron chi connectivity index (χ4n) is 1.37. The van der Waals surface area contributed by atoms with Crippen molar-refractivity contribution in [3.63, 3.8) is 0 Å². The Labute approximate surface area is 112 Å². The van der Waals surface area contributed by atoms with Crippen molar-refractivity contribution in [1.29, 1.82) is 0 Å². The van der Waals surface area contributed by atoms with Gasteiger partial charge in [0.05, 0.1) is 0 Å². The lowest BCUT2D eigenvalue weighted by Crippen LogP contribution is -2.10. The molecule has 0 unspecified atom stereocenters. The number of aryl methyl sites for hydroxylation is 2. The second-order valence-electron chi connectivity index (χ2n) is 3.84. The molecule has 1 rings (SSSR count). The first-order valence-corrected chi connectivity index (χ1v) is 5.67. The van der Waals surface area contributed by atoms with E-state index in [0.29, 0.717) is 5.75 Å². The minimum absolute atomic E-state index is 0.0553. The van der Waals surface area contributed by atoms with Gasteiger partial charge >= 0.3 is 0 Å². The van der Waals surface area contributed by atoms with Gasteiger partial charge in [-0.3, -0.25) is 0 Å². The van der Waals surface area contributed by atoms with Crippen LogP contribution in [-0.2, 0) is 0 Å². The summed E-state index contributed by atoms with van der Waals surface area (Å²) >= 11 is 5.59. The topological polar surface area (TPSA) is 73.6 Å². The van der Waals surface area contributed by atoms with Crippen LogP contribution in [0.25, 0.3) is 0 Å². The summed E-state index contributed by atoms with van der Waals surface area (Å²) in [7, 11) is 0. The van der Waals surface area contributed by atoms with E-state index in [-0.39, 0.29) is 16.9 Å². The van der Waals surface area contributed by atoms with Crippen LogP contribution in [0.2, 0.25) is 0 Å². The van der Waals surface area contributed by atoms with Crippen LogP contribution in [0.3, 0.4) is 0 Å². The second kappa shape index (κ2) is 6.12. The summed E-state index contributed by atoms with van der Waals surface area (Å²) in [5.74, 6) is 0.973. The molecule has 0 bridgehead atoms. The minimum Gasteiger partial charge on any atom is -0.439 e. The van der Waals surface area contributed by atoms with Crippen molar-refractivity contribution in [1.82, 2.24) is 0 Å². The smallest absolute Gasteiger partial charge is 0.224 e. The van der Waals surface area contributed by atoms with Crippen LogP contribution in [0.15, 0.2) is 46.8 Å². The average molecular weight is 266 g/mol. The van der Waals surface area contributed by atoms with E-state index in [4.69, 9.17) is 27.8 Å². The van der Waals surface area contributed by atoms with E-state index in [1.165, 1.54) is 6.08 Å². The highest BCUT2D eigenvalue weighted by Gasteiger charge is 2.04. The van der Waals surface area contributed by atoms with Gasteiger partial charge in [0.1, 0.15) is 16.7 Å². The van der Waals surface area contributed by atoms with E-state index in [9.17, 15) is 0 Å². The Morgan fingerprint density at radius 1 is 1.39 bits per heavy atom. The summed E-state index contributed by atoms with van der Waals surface area (Å²) in [6, 6.07) is 5.78. The zero-order valence-corrected chi connectivity index (χ0v) is 11.2. The van der Waals surface area contributed by atoms with Crippen molar-refractivity contribution in [2.75, 3.05) is 0 Å². The molecule has 0 fully saturated rings. The Bertz CT molecular complexity index is 517. The minimum atomic E-state index is 0.0553. The fourth-order valence-corrected chi connectivity index (χ4v) is 1.46. The van der Waals surface area contributed by atoms with E-state index >= 15 is 0 Å². The van der Waals surface area contributed by atoms with Gasteiger partial charge < -0.3 is 16.2 Å². The maximum Gasteiger partial charge on any atom is 0.224 e. The molecule has 1 aromatic rings. The molecule has 0 aromatic heterocycles. The maximum absolute atomic E-state index is 5.59. The molecular formula is C13H16ClN3O. The zero-order chi connectivity index (χ0) is 13.7. The molecule has 0 amide bonds. The highest BCUT2D eigenvalue weighted by molar-refractivity contribution is 6.30. The molecule has 4 nitrogen and oxygen atoms in total. The van der Waals surface area contributed by atoms with Gasteiger partial charge in [-0.1, -0.05) is 35.9 Å². The highest BCUT2D eigenvalue weighted by Crippen LogP contribution is 2.19. The number of hydrogen-bond donors (Lipinski definition) is 2. The normalized spacial score (nSPS) is 12.4. The van der Waals surface area contributed by atoms with Gasteiger partial charge in [0, 0.05) is 6.08 Å². The van der Waals surface area contributed by atoms with E-state index in [1.54, 1.807) is 0 Å². The molecule has 5 heteroatoms. The molecular weight excluding hydrogens is 250 g/mol. The lowest BCUT2D eigenvalue weighted by atomic mass is 10.1. The number of aliphatic imine (C=N–C) groups is 1. The molecule has 0 aliphatic heterocycles. The third-order valence-corrected chi connectivity index (χ3v) is 2.17. The molecule has 0 spiro atoms. The van der Waals surface area contributed by atoms with Crippen molar-refractivity contribution in [3.8, 4) is 5.75 Å². The summed E-state index contributed by atoms with van der Waals surface area (Å²) in [6.45, 7) is 7.42. The summed E-state index contributed by atoms with van der Waals surface area (Å²) in [5.41, 5.74) is 12.9. The number of nitrogens with zero attached hydrogens (tertiary/aromatic N) is 1. The lowest BCUT2D eigenvalue weighted by Gasteiger charge is -2.09. The summed E-state index contributed by atoms with van der Waals surface area (Å²) in [5, 5.41) is 0.0553. The van der Waals surface area contributed by atoms with Crippen LogP contribution < -0.4 is 16.2 Å². The second-order valence-corrected chi connectivity index (χ2v) is 4.28. The van der Waals surface area contributed by atoms with E-state index in [1.807, 2.05) is 32.0 Å². The Morgan fingerprint density at radius 3 is 2.56 bits per heavy atom. The molecule has 0 aliphatic carbocycles. The first kappa shape index (κ1) is 14.1. The van der Waals surface area contributed by atoms with Crippen molar-refractivity contribution in [3.05, 3.63) is 53.0 Å². The number of hydrogen-bond acceptors (Lipinski definition) is 4. The summed E-state index contributed by atoms with van der Waals surface area (Å²) in [4.78, 5) is 3.91. The third kappa shape index (κ3) is 4.51. The predicted molar refractivity (Wildman–Crippen MR) is 75.4 cm³/mol. The fraction of sp³-hybridized carbons (Fsp3) is 0.154. The van der Waals surface area contributed by atoms with Gasteiger partial charge in [-0.05, 0) is 25.5 Å². The molecule has 0 heterocycles. The standard InChI is InChI=1S/C13H16ClN3O/c1-8-4-5-11(9(2)6-8)18-13(7-12(14)16)17-10(3)15/h4-7H,3,15-16H2,1-2H3/b12-7-,17-13+. The van der Waals surface area contributed by atoms with Gasteiger partial charge in [0.25, 0.3) is 0 Å². The van der Waals surface area contributed by atoms with Crippen LogP contribution in [0, 0.1) is 13.8 Å². The first-order chi connectivity index (χ1) is 8.38. The van der Waals surface area contributed by atoms with Crippen LogP contribution >= 0.6 is 11.6 Å². The SMILES string of the molecule is C=C(N)/N=C(\C=C(/N)Cl)Oc1ccc(C)cc1C. The van der Waals surface area contributed by atoms with Gasteiger partial charge in [-0.15, -0.1) is 0 Å². The maximum atomic E-state index is 5.59. The molecule has 0 saturated carbocycles. The lowest BCUT2D eigenvalue weighted by molar-refractivity contribution is 0.549. The molecule has 0 radical (unpaired) electrons. The number of nitrogens with two attached hydrogens (primary N) is 2. The predicted octanol–water partition coefficient (Wildman–Crippen LogP) is 2.55. The summed E-state index contributed by atoms with van der Waals surface area (Å²) in [6.07, 6.45) is 1.37. The van der Waals surface area contributed by atoms with Crippen LogP contribution in [0.1, 0.15) is 11.1 Å². The highest BCUT2D eigenvalue weighted by atomic mass is 35.5. The van der Waals surface area contributed by atoms with Crippen LogP contribution in [-0.4, -0.2) is 5.90 Å². The van der Waals surface area contributed by atoms with Crippen molar-refractivity contribution < 1.29 is 4.74 Å². The number of halogens is 1. The largest absolute Gasteiger partial charge is 0.439 e. The van der Waals surface area contributed by atoms with Gasteiger partial charge in [0.2, 0.25) is 5.90 Å². The number of rotatable bonds is 3. The summed E-state index contributed by atoms with van der Waals surface area (Å²) < 4.78 is 5.59. The third-order valence-electron chi connectivity index (χ3n) is 2.06. The number of benzene rings is 1. The van der Waals surface area contributed by atoms with Crippen molar-refractivity contribution in [2.45, 2.75) is 13.8 Å². The van der Waals surface area contributed by atoms with Gasteiger partial charge in [-0.25, -0.2) is 0 Å². The Kier molecular flexibility index (Phi) is 4.80. The van der Waals surface area contributed by atoms with E-state index in [2.05, 4.69) is 11.6 Å². The van der Waals surface area contributed by atoms with E-state index < -0.39 is 0 Å². The Balaban J connectivity index is 3.04. The molecule has 0 saturated heterocycles. The molecule has 18 heavy (non-hydrogen) atoms. The molecule has 1 aromatic carbocycles. The molecule has 96 valence electrons. The van der Waals surface area contributed by atoms with Crippen LogP contribution in [0.5, 0.6) is 5.75 Å². The quantitative estimate of drug-likeness (QED) is 0.501. The molecule has 0 aliphatic rings. The van der Waals surface area contributed by atoms with Crippen LogP contribution in [0.4, 0.5) is 0 Å². The Hall–Kier alpha value is -1.94. The molecule has 0 atom stereocenters. The van der Waals surface area contributed by atoms with Gasteiger partial charge in [0.15, 0.2) is 0 Å². The zero-order valence-electron chi connectivity index (χ0n) is 10.4. The molecule has 4 N–H and O–H groups in total. The Morgan fingerprint density at radius 2 is 2.06 bits per heavy atom. The number of ether oxygens (including phenoxy) is 1. The van der Waals surface area contributed by atoms with Gasteiger partial charge in [-0.2, -0.15) is 4.99 Å².